The second-order valence-electron chi connectivity index (χ2n) is 0.912. The number of aliphatic hydroxyl groups excluding tert-OH is 1. The molecule has 0 aliphatic heterocycles. The van der Waals surface area contributed by atoms with Gasteiger partial charge in [0.25, 0.3) is 0 Å². The summed E-state index contributed by atoms with van der Waals surface area (Å²) in [4.78, 5) is 0. The standard InChI is InChI=1S/C3H6F2O/c4-2-1-3(5)6/h3,6H,1-2H2. The maximum Gasteiger partial charge on any atom is 0.198 e. The van der Waals surface area contributed by atoms with E-state index in [1.54, 1.807) is 0 Å². The summed E-state index contributed by atoms with van der Waals surface area (Å²) in [5.74, 6) is 0. The van der Waals surface area contributed by atoms with Gasteiger partial charge in [0, 0.05) is 6.42 Å². The van der Waals surface area contributed by atoms with E-state index in [9.17, 15) is 8.78 Å². The fourth-order valence-electron chi connectivity index (χ4n) is 0.0900. The first-order valence-corrected chi connectivity index (χ1v) is 1.65. The molecule has 0 saturated heterocycles. The summed E-state index contributed by atoms with van der Waals surface area (Å²) in [6, 6.07) is 0. The van der Waals surface area contributed by atoms with Crippen molar-refractivity contribution in [2.75, 3.05) is 6.67 Å². The van der Waals surface area contributed by atoms with Crippen LogP contribution in [-0.4, -0.2) is 18.1 Å². The van der Waals surface area contributed by atoms with Crippen LogP contribution in [0.1, 0.15) is 6.42 Å². The van der Waals surface area contributed by atoms with Crippen molar-refractivity contribution in [1.82, 2.24) is 0 Å². The average molecular weight is 96.1 g/mol. The Hall–Kier alpha value is -0.180. The number of hydrogen-bond acceptors (Lipinski definition) is 1. The fourth-order valence-corrected chi connectivity index (χ4v) is 0.0900. The number of aliphatic hydroxyl groups is 1. The molecule has 0 saturated carbocycles. The molecule has 0 rings (SSSR count). The lowest BCUT2D eigenvalue weighted by molar-refractivity contribution is 0.0291. The summed E-state index contributed by atoms with van der Waals surface area (Å²) in [6.07, 6.45) is -2.38. The number of rotatable bonds is 2. The Labute approximate surface area is 34.6 Å². The molecule has 0 aromatic carbocycles. The molecule has 0 fully saturated rings. The highest BCUT2D eigenvalue weighted by atomic mass is 19.2. The summed E-state index contributed by atoms with van der Waals surface area (Å²) in [5, 5.41) is 7.65. The van der Waals surface area contributed by atoms with Gasteiger partial charge in [0.15, 0.2) is 6.36 Å². The van der Waals surface area contributed by atoms with Crippen molar-refractivity contribution in [2.45, 2.75) is 12.8 Å². The molecule has 0 bridgehead atoms. The van der Waals surface area contributed by atoms with E-state index in [0.717, 1.165) is 0 Å². The van der Waals surface area contributed by atoms with Gasteiger partial charge in [-0.15, -0.1) is 0 Å². The van der Waals surface area contributed by atoms with Crippen LogP contribution >= 0.6 is 0 Å². The zero-order valence-electron chi connectivity index (χ0n) is 3.19. The van der Waals surface area contributed by atoms with Gasteiger partial charge in [-0.2, -0.15) is 0 Å². The zero-order valence-corrected chi connectivity index (χ0v) is 3.19. The first kappa shape index (κ1) is 5.82. The van der Waals surface area contributed by atoms with Gasteiger partial charge in [0.2, 0.25) is 0 Å². The zero-order chi connectivity index (χ0) is 4.99. The van der Waals surface area contributed by atoms with Gasteiger partial charge in [-0.1, -0.05) is 0 Å². The fraction of sp³-hybridized carbons (Fsp3) is 1.00. The van der Waals surface area contributed by atoms with Gasteiger partial charge in [-0.3, -0.25) is 4.39 Å². The number of hydrogen-bond donors (Lipinski definition) is 1. The Kier molecular flexibility index (Phi) is 2.94. The Morgan fingerprint density at radius 2 is 2.17 bits per heavy atom. The first-order chi connectivity index (χ1) is 2.77. The van der Waals surface area contributed by atoms with E-state index in [-0.39, 0.29) is 0 Å². The highest BCUT2D eigenvalue weighted by Gasteiger charge is 1.94. The molecule has 0 aromatic heterocycles. The predicted octanol–water partition coefficient (Wildman–Crippen LogP) is 0.634. The van der Waals surface area contributed by atoms with E-state index < -0.39 is 19.5 Å². The normalized spacial score (nSPS) is 14.5. The second kappa shape index (κ2) is 3.03. The van der Waals surface area contributed by atoms with E-state index in [0.29, 0.717) is 0 Å². The molecule has 0 aromatic rings. The molecule has 0 aliphatic rings. The maximum atomic E-state index is 11.0. The van der Waals surface area contributed by atoms with Crippen molar-refractivity contribution >= 4 is 0 Å². The highest BCUT2D eigenvalue weighted by Crippen LogP contribution is 1.89. The Bertz CT molecular complexity index is 30.0. The van der Waals surface area contributed by atoms with Gasteiger partial charge >= 0.3 is 0 Å². The third-order valence-corrected chi connectivity index (χ3v) is 0.347. The molecular formula is C3H6F2O. The molecule has 1 nitrogen and oxygen atoms in total. The van der Waals surface area contributed by atoms with E-state index in [2.05, 4.69) is 0 Å². The van der Waals surface area contributed by atoms with Crippen LogP contribution in [0, 0.1) is 0 Å². The summed E-state index contributed by atoms with van der Waals surface area (Å²) < 4.78 is 21.9. The lowest BCUT2D eigenvalue weighted by atomic mass is 10.5. The first-order valence-electron chi connectivity index (χ1n) is 1.65. The molecule has 0 radical (unpaired) electrons. The molecule has 0 heterocycles. The Balaban J connectivity index is 2.63. The second-order valence-corrected chi connectivity index (χ2v) is 0.912. The largest absolute Gasteiger partial charge is 0.364 e. The number of alkyl halides is 2. The minimum Gasteiger partial charge on any atom is -0.364 e. The third kappa shape index (κ3) is 3.82. The molecule has 1 atom stereocenters. The summed E-state index contributed by atoms with van der Waals surface area (Å²) in [5.41, 5.74) is 0. The Morgan fingerprint density at radius 3 is 2.17 bits per heavy atom. The molecular weight excluding hydrogens is 90.0 g/mol. The average Bonchev–Trinajstić information content (AvgIpc) is 1.35. The van der Waals surface area contributed by atoms with Crippen LogP contribution in [0.5, 0.6) is 0 Å². The molecule has 0 spiro atoms. The van der Waals surface area contributed by atoms with Crippen LogP contribution in [0.4, 0.5) is 8.78 Å². The predicted molar refractivity (Wildman–Crippen MR) is 17.7 cm³/mol. The Morgan fingerprint density at radius 1 is 1.67 bits per heavy atom. The van der Waals surface area contributed by atoms with Gasteiger partial charge in [-0.05, 0) is 0 Å². The summed E-state index contributed by atoms with van der Waals surface area (Å²) in [7, 11) is 0. The topological polar surface area (TPSA) is 20.2 Å². The molecule has 0 aliphatic carbocycles. The summed E-state index contributed by atoms with van der Waals surface area (Å²) >= 11 is 0. The monoisotopic (exact) mass is 96.0 g/mol. The van der Waals surface area contributed by atoms with E-state index in [1.807, 2.05) is 0 Å². The van der Waals surface area contributed by atoms with Crippen LogP contribution in [0.2, 0.25) is 0 Å². The lowest BCUT2D eigenvalue weighted by Crippen LogP contribution is -1.96. The molecule has 6 heavy (non-hydrogen) atoms. The summed E-state index contributed by atoms with van der Waals surface area (Å²) in [6.45, 7) is -0.794. The lowest BCUT2D eigenvalue weighted by Gasteiger charge is -1.89. The van der Waals surface area contributed by atoms with Crippen molar-refractivity contribution in [2.24, 2.45) is 0 Å². The van der Waals surface area contributed by atoms with E-state index in [4.69, 9.17) is 5.11 Å². The van der Waals surface area contributed by atoms with Gasteiger partial charge < -0.3 is 5.11 Å². The van der Waals surface area contributed by atoms with Crippen molar-refractivity contribution in [3.8, 4) is 0 Å². The van der Waals surface area contributed by atoms with E-state index >= 15 is 0 Å². The SMILES string of the molecule is OC(F)CCF. The molecule has 3 heteroatoms. The van der Waals surface area contributed by atoms with Crippen molar-refractivity contribution in [3.05, 3.63) is 0 Å². The smallest absolute Gasteiger partial charge is 0.198 e. The van der Waals surface area contributed by atoms with Crippen molar-refractivity contribution in [3.63, 3.8) is 0 Å². The highest BCUT2D eigenvalue weighted by molar-refractivity contribution is 4.32. The quantitative estimate of drug-likeness (QED) is 0.534. The van der Waals surface area contributed by atoms with Gasteiger partial charge in [0.05, 0.1) is 6.67 Å². The van der Waals surface area contributed by atoms with Gasteiger partial charge in [-0.25, -0.2) is 4.39 Å². The molecule has 38 valence electrons. The minimum atomic E-state index is -1.98. The van der Waals surface area contributed by atoms with Crippen LogP contribution in [0.15, 0.2) is 0 Å². The number of halogens is 2. The molecule has 0 amide bonds. The minimum absolute atomic E-state index is 0.403. The third-order valence-electron chi connectivity index (χ3n) is 0.347. The van der Waals surface area contributed by atoms with Crippen molar-refractivity contribution < 1.29 is 13.9 Å². The maximum absolute atomic E-state index is 11.0. The van der Waals surface area contributed by atoms with Crippen LogP contribution in [0.25, 0.3) is 0 Å². The molecule has 1 N–H and O–H groups in total. The van der Waals surface area contributed by atoms with Gasteiger partial charge in [0.1, 0.15) is 0 Å². The van der Waals surface area contributed by atoms with Crippen molar-refractivity contribution in [1.29, 1.82) is 0 Å². The van der Waals surface area contributed by atoms with E-state index in [1.165, 1.54) is 0 Å². The van der Waals surface area contributed by atoms with Crippen LogP contribution in [0.3, 0.4) is 0 Å². The van der Waals surface area contributed by atoms with Crippen LogP contribution < -0.4 is 0 Å². The van der Waals surface area contributed by atoms with Crippen LogP contribution in [-0.2, 0) is 0 Å². The molecule has 1 unspecified atom stereocenters.